The van der Waals surface area contributed by atoms with E-state index in [1.165, 1.54) is 11.0 Å². The van der Waals surface area contributed by atoms with Gasteiger partial charge in [-0.3, -0.25) is 0 Å². The highest BCUT2D eigenvalue weighted by atomic mass is 16.5. The Balaban J connectivity index is 2.06. The Labute approximate surface area is 104 Å². The van der Waals surface area contributed by atoms with Gasteiger partial charge < -0.3 is 9.84 Å². The van der Waals surface area contributed by atoms with Crippen molar-refractivity contribution < 1.29 is 14.6 Å². The average molecular weight is 247 g/mol. The highest BCUT2D eigenvalue weighted by Gasteiger charge is 2.08. The molecule has 2 aromatic rings. The summed E-state index contributed by atoms with van der Waals surface area (Å²) in [6.07, 6.45) is 1.23. The van der Waals surface area contributed by atoms with Gasteiger partial charge in [-0.25, -0.2) is 4.79 Å². The molecule has 0 unspecified atom stereocenters. The van der Waals surface area contributed by atoms with Crippen molar-refractivity contribution in [3.63, 3.8) is 0 Å². The first-order valence-electron chi connectivity index (χ1n) is 5.54. The van der Waals surface area contributed by atoms with Gasteiger partial charge in [-0.15, -0.1) is 5.10 Å². The van der Waals surface area contributed by atoms with Crippen LogP contribution in [-0.4, -0.2) is 32.7 Å². The lowest BCUT2D eigenvalue weighted by Gasteiger charge is -2.04. The number of carboxylic acid groups (broad SMARTS) is 1. The van der Waals surface area contributed by atoms with Gasteiger partial charge >= 0.3 is 5.97 Å². The third-order valence-electron chi connectivity index (χ3n) is 2.31. The molecule has 1 aromatic carbocycles. The third-order valence-corrected chi connectivity index (χ3v) is 2.31. The maximum Gasteiger partial charge on any atom is 0.358 e. The molecule has 0 bridgehead atoms. The topological polar surface area (TPSA) is 77.2 Å². The molecule has 1 heterocycles. The molecule has 0 aliphatic heterocycles. The number of rotatable bonds is 5. The van der Waals surface area contributed by atoms with E-state index in [2.05, 4.69) is 10.2 Å². The van der Waals surface area contributed by atoms with E-state index in [1.54, 1.807) is 0 Å². The number of aromatic nitrogens is 3. The lowest BCUT2D eigenvalue weighted by molar-refractivity contribution is 0.0689. The summed E-state index contributed by atoms with van der Waals surface area (Å²) in [5.74, 6) is -0.270. The largest absolute Gasteiger partial charge is 0.494 e. The molecule has 0 spiro atoms. The molecule has 0 amide bonds. The minimum Gasteiger partial charge on any atom is -0.494 e. The summed E-state index contributed by atoms with van der Waals surface area (Å²) in [5.41, 5.74) is 0.923. The van der Waals surface area contributed by atoms with E-state index in [1.807, 2.05) is 31.2 Å². The first-order chi connectivity index (χ1) is 8.69. The Morgan fingerprint density at radius 2 is 2.11 bits per heavy atom. The number of ether oxygens (including phenoxy) is 1. The SMILES string of the molecule is CCOc1ccc(Cn2ncc(C(=O)O)n2)cc1. The molecule has 2 rings (SSSR count). The fourth-order valence-electron chi connectivity index (χ4n) is 1.49. The molecule has 1 aromatic heterocycles. The first kappa shape index (κ1) is 12.1. The number of carbonyl (C=O) groups is 1. The van der Waals surface area contributed by atoms with Gasteiger partial charge in [0.25, 0.3) is 0 Å². The number of nitrogens with zero attached hydrogens (tertiary/aromatic N) is 3. The molecule has 6 nitrogen and oxygen atoms in total. The second kappa shape index (κ2) is 5.31. The Hall–Kier alpha value is -2.37. The monoisotopic (exact) mass is 247 g/mol. The van der Waals surface area contributed by atoms with Crippen molar-refractivity contribution in [1.82, 2.24) is 15.0 Å². The van der Waals surface area contributed by atoms with Gasteiger partial charge in [0.1, 0.15) is 5.75 Å². The molecule has 0 aliphatic carbocycles. The van der Waals surface area contributed by atoms with Crippen LogP contribution in [0, 0.1) is 0 Å². The number of benzene rings is 1. The second-order valence-corrected chi connectivity index (χ2v) is 3.64. The standard InChI is InChI=1S/C12H13N3O3/c1-2-18-10-5-3-9(4-6-10)8-15-13-7-11(14-15)12(16)17/h3-7H,2,8H2,1H3,(H,16,17). The van der Waals surface area contributed by atoms with Crippen molar-refractivity contribution in [1.29, 1.82) is 0 Å². The van der Waals surface area contributed by atoms with E-state index in [9.17, 15) is 4.79 Å². The van der Waals surface area contributed by atoms with Gasteiger partial charge in [0.15, 0.2) is 5.69 Å². The van der Waals surface area contributed by atoms with Crippen molar-refractivity contribution in [2.24, 2.45) is 0 Å². The van der Waals surface area contributed by atoms with Gasteiger partial charge in [0.2, 0.25) is 0 Å². The van der Waals surface area contributed by atoms with Gasteiger partial charge in [-0.2, -0.15) is 9.90 Å². The average Bonchev–Trinajstić information content (AvgIpc) is 2.81. The molecular weight excluding hydrogens is 234 g/mol. The van der Waals surface area contributed by atoms with E-state index in [-0.39, 0.29) is 5.69 Å². The zero-order valence-electron chi connectivity index (χ0n) is 9.91. The van der Waals surface area contributed by atoms with Crippen molar-refractivity contribution in [3.8, 4) is 5.75 Å². The molecule has 0 aliphatic rings. The summed E-state index contributed by atoms with van der Waals surface area (Å²) in [7, 11) is 0. The van der Waals surface area contributed by atoms with E-state index in [4.69, 9.17) is 9.84 Å². The molecule has 18 heavy (non-hydrogen) atoms. The summed E-state index contributed by atoms with van der Waals surface area (Å²) < 4.78 is 5.33. The molecule has 0 atom stereocenters. The van der Waals surface area contributed by atoms with Crippen LogP contribution in [0.2, 0.25) is 0 Å². The fourth-order valence-corrected chi connectivity index (χ4v) is 1.49. The van der Waals surface area contributed by atoms with Crippen LogP contribution in [0.25, 0.3) is 0 Å². The Kier molecular flexibility index (Phi) is 3.57. The molecule has 0 saturated carbocycles. The van der Waals surface area contributed by atoms with Gasteiger partial charge in [-0.05, 0) is 24.6 Å². The van der Waals surface area contributed by atoms with E-state index in [0.717, 1.165) is 11.3 Å². The Morgan fingerprint density at radius 1 is 1.39 bits per heavy atom. The zero-order valence-corrected chi connectivity index (χ0v) is 9.91. The van der Waals surface area contributed by atoms with Crippen molar-refractivity contribution in [2.75, 3.05) is 6.61 Å². The van der Waals surface area contributed by atoms with Crippen LogP contribution in [-0.2, 0) is 6.54 Å². The van der Waals surface area contributed by atoms with Crippen LogP contribution in [0.1, 0.15) is 23.0 Å². The van der Waals surface area contributed by atoms with E-state index < -0.39 is 5.97 Å². The summed E-state index contributed by atoms with van der Waals surface area (Å²) in [6, 6.07) is 7.52. The highest BCUT2D eigenvalue weighted by Crippen LogP contribution is 2.12. The first-order valence-corrected chi connectivity index (χ1v) is 5.54. The van der Waals surface area contributed by atoms with Crippen LogP contribution >= 0.6 is 0 Å². The number of carboxylic acids is 1. The maximum absolute atomic E-state index is 10.7. The smallest absolute Gasteiger partial charge is 0.358 e. The molecule has 94 valence electrons. The number of hydrogen-bond donors (Lipinski definition) is 1. The molecular formula is C12H13N3O3. The minimum atomic E-state index is -1.08. The molecule has 0 saturated heterocycles. The quantitative estimate of drug-likeness (QED) is 0.864. The predicted octanol–water partition coefficient (Wildman–Crippen LogP) is 1.42. The molecule has 0 fully saturated rings. The highest BCUT2D eigenvalue weighted by molar-refractivity contribution is 5.84. The molecule has 1 N–H and O–H groups in total. The summed E-state index contributed by atoms with van der Waals surface area (Å²) in [6.45, 7) is 2.98. The van der Waals surface area contributed by atoms with E-state index >= 15 is 0 Å². The van der Waals surface area contributed by atoms with E-state index in [0.29, 0.717) is 13.2 Å². The second-order valence-electron chi connectivity index (χ2n) is 3.64. The van der Waals surface area contributed by atoms with Crippen LogP contribution in [0.15, 0.2) is 30.5 Å². The molecule has 0 radical (unpaired) electrons. The number of hydrogen-bond acceptors (Lipinski definition) is 4. The van der Waals surface area contributed by atoms with Crippen LogP contribution < -0.4 is 4.74 Å². The van der Waals surface area contributed by atoms with Crippen molar-refractivity contribution in [3.05, 3.63) is 41.7 Å². The van der Waals surface area contributed by atoms with Crippen LogP contribution in [0.3, 0.4) is 0 Å². The van der Waals surface area contributed by atoms with Gasteiger partial charge in [0, 0.05) is 0 Å². The summed E-state index contributed by atoms with van der Waals surface area (Å²) >= 11 is 0. The lowest BCUT2D eigenvalue weighted by atomic mass is 10.2. The third kappa shape index (κ3) is 2.85. The Bertz CT molecular complexity index is 534. The normalized spacial score (nSPS) is 10.3. The number of aromatic carboxylic acids is 1. The zero-order chi connectivity index (χ0) is 13.0. The summed E-state index contributed by atoms with van der Waals surface area (Å²) in [5, 5.41) is 16.5. The van der Waals surface area contributed by atoms with Crippen LogP contribution in [0.5, 0.6) is 5.75 Å². The molecule has 6 heteroatoms. The van der Waals surface area contributed by atoms with Crippen molar-refractivity contribution in [2.45, 2.75) is 13.5 Å². The van der Waals surface area contributed by atoms with Gasteiger partial charge in [0.05, 0.1) is 19.3 Å². The lowest BCUT2D eigenvalue weighted by Crippen LogP contribution is -2.05. The summed E-state index contributed by atoms with van der Waals surface area (Å²) in [4.78, 5) is 12.0. The van der Waals surface area contributed by atoms with Crippen LogP contribution in [0.4, 0.5) is 0 Å². The van der Waals surface area contributed by atoms with Gasteiger partial charge in [-0.1, -0.05) is 12.1 Å². The predicted molar refractivity (Wildman–Crippen MR) is 63.7 cm³/mol. The fraction of sp³-hybridized carbons (Fsp3) is 0.250. The maximum atomic E-state index is 10.7. The van der Waals surface area contributed by atoms with Crippen molar-refractivity contribution >= 4 is 5.97 Å². The Morgan fingerprint density at radius 3 is 2.67 bits per heavy atom. The minimum absolute atomic E-state index is 0.0547.